The third-order valence-electron chi connectivity index (χ3n) is 5.13. The van der Waals surface area contributed by atoms with E-state index in [-0.39, 0.29) is 24.3 Å². The Bertz CT molecular complexity index is 1010. The summed E-state index contributed by atoms with van der Waals surface area (Å²) in [5, 5.41) is 5.86. The van der Waals surface area contributed by atoms with Crippen molar-refractivity contribution in [2.75, 3.05) is 19.6 Å². The molecule has 0 bridgehead atoms. The van der Waals surface area contributed by atoms with Gasteiger partial charge >= 0.3 is 0 Å². The number of aryl methyl sites for hydroxylation is 1. The molecule has 1 fully saturated rings. The Kier molecular flexibility index (Phi) is 5.44. The van der Waals surface area contributed by atoms with Crippen LogP contribution in [-0.2, 0) is 11.2 Å². The van der Waals surface area contributed by atoms with Crippen molar-refractivity contribution in [1.82, 2.24) is 19.9 Å². The van der Waals surface area contributed by atoms with Gasteiger partial charge in [-0.1, -0.05) is 29.4 Å². The van der Waals surface area contributed by atoms with Crippen LogP contribution in [0.25, 0.3) is 11.5 Å². The Morgan fingerprint density at radius 3 is 2.76 bits per heavy atom. The van der Waals surface area contributed by atoms with E-state index < -0.39 is 0 Å². The molecule has 3 heterocycles. The fourth-order valence-electron chi connectivity index (χ4n) is 3.52. The highest BCUT2D eigenvalue weighted by Crippen LogP contribution is 2.22. The highest BCUT2D eigenvalue weighted by atomic mass is 32.1. The zero-order chi connectivity index (χ0) is 20.4. The van der Waals surface area contributed by atoms with Crippen molar-refractivity contribution >= 4 is 23.2 Å². The van der Waals surface area contributed by atoms with E-state index >= 15 is 0 Å². The molecule has 7 nitrogen and oxygen atoms in total. The minimum absolute atomic E-state index is 0.0284. The number of thiophene rings is 1. The molecule has 0 radical (unpaired) electrons. The molecule has 4 rings (SSSR count). The van der Waals surface area contributed by atoms with Crippen LogP contribution in [0.3, 0.4) is 0 Å². The maximum Gasteiger partial charge on any atom is 0.264 e. The first-order chi connectivity index (χ1) is 14.0. The molecule has 0 N–H and O–H groups in total. The number of rotatable bonds is 4. The van der Waals surface area contributed by atoms with Crippen LogP contribution < -0.4 is 0 Å². The Morgan fingerprint density at radius 1 is 1.21 bits per heavy atom. The monoisotopic (exact) mass is 410 g/mol. The molecule has 29 heavy (non-hydrogen) atoms. The van der Waals surface area contributed by atoms with Crippen molar-refractivity contribution in [2.45, 2.75) is 26.3 Å². The lowest BCUT2D eigenvalue weighted by molar-refractivity contribution is -0.133. The van der Waals surface area contributed by atoms with Crippen molar-refractivity contribution in [3.63, 3.8) is 0 Å². The second-order valence-electron chi connectivity index (χ2n) is 7.17. The minimum Gasteiger partial charge on any atom is -0.338 e. The molecule has 1 aromatic carbocycles. The van der Waals surface area contributed by atoms with Gasteiger partial charge in [-0.2, -0.15) is 4.98 Å². The summed E-state index contributed by atoms with van der Waals surface area (Å²) in [4.78, 5) is 34.1. The number of aromatic nitrogens is 2. The normalized spacial score (nSPS) is 16.8. The van der Waals surface area contributed by atoms with Gasteiger partial charge in [-0.15, -0.1) is 11.3 Å². The predicted octanol–water partition coefficient (Wildman–Crippen LogP) is 3.02. The van der Waals surface area contributed by atoms with Gasteiger partial charge in [0.15, 0.2) is 5.82 Å². The van der Waals surface area contributed by atoms with Crippen LogP contribution in [0, 0.1) is 6.92 Å². The summed E-state index contributed by atoms with van der Waals surface area (Å²) in [5.74, 6) is 0.765. The van der Waals surface area contributed by atoms with E-state index in [0.29, 0.717) is 31.3 Å². The third kappa shape index (κ3) is 4.07. The average molecular weight is 410 g/mol. The SMILES string of the molecule is Cc1ccccc1-c1nc(CC(=O)N2CCN(C(=O)c3cccs3)C(C)C2)no1. The summed E-state index contributed by atoms with van der Waals surface area (Å²) >= 11 is 1.44. The molecule has 1 saturated heterocycles. The van der Waals surface area contributed by atoms with Gasteiger partial charge in [0.2, 0.25) is 5.91 Å². The number of piperazine rings is 1. The molecule has 1 aliphatic heterocycles. The molecule has 8 heteroatoms. The molecule has 1 unspecified atom stereocenters. The molecular formula is C21H22N4O3S. The summed E-state index contributed by atoms with van der Waals surface area (Å²) in [6, 6.07) is 11.4. The quantitative estimate of drug-likeness (QED) is 0.661. The fraction of sp³-hybridized carbons (Fsp3) is 0.333. The molecule has 1 aliphatic rings. The van der Waals surface area contributed by atoms with Crippen LogP contribution in [0.2, 0.25) is 0 Å². The molecule has 3 aromatic rings. The summed E-state index contributed by atoms with van der Waals surface area (Å²) in [7, 11) is 0. The first-order valence-corrected chi connectivity index (χ1v) is 10.4. The number of carbonyl (C=O) groups excluding carboxylic acids is 2. The summed E-state index contributed by atoms with van der Waals surface area (Å²) in [6.45, 7) is 5.46. The van der Waals surface area contributed by atoms with Gasteiger partial charge < -0.3 is 14.3 Å². The van der Waals surface area contributed by atoms with E-state index in [4.69, 9.17) is 4.52 Å². The zero-order valence-corrected chi connectivity index (χ0v) is 17.2. The second kappa shape index (κ2) is 8.16. The Morgan fingerprint density at radius 2 is 2.03 bits per heavy atom. The van der Waals surface area contributed by atoms with Crippen molar-refractivity contribution in [2.24, 2.45) is 0 Å². The lowest BCUT2D eigenvalue weighted by Gasteiger charge is -2.39. The maximum absolute atomic E-state index is 12.7. The lowest BCUT2D eigenvalue weighted by atomic mass is 10.1. The topological polar surface area (TPSA) is 79.5 Å². The summed E-state index contributed by atoms with van der Waals surface area (Å²) < 4.78 is 5.35. The number of carbonyl (C=O) groups is 2. The number of nitrogens with zero attached hydrogens (tertiary/aromatic N) is 4. The molecule has 0 spiro atoms. The van der Waals surface area contributed by atoms with Crippen LogP contribution in [0.15, 0.2) is 46.3 Å². The van der Waals surface area contributed by atoms with Crippen molar-refractivity contribution in [1.29, 1.82) is 0 Å². The van der Waals surface area contributed by atoms with Crippen LogP contribution in [0.4, 0.5) is 0 Å². The first-order valence-electron chi connectivity index (χ1n) is 9.54. The van der Waals surface area contributed by atoms with Crippen LogP contribution in [0.5, 0.6) is 0 Å². The Hall–Kier alpha value is -3.00. The van der Waals surface area contributed by atoms with E-state index in [9.17, 15) is 9.59 Å². The third-order valence-corrected chi connectivity index (χ3v) is 5.98. The molecule has 150 valence electrons. The van der Waals surface area contributed by atoms with Crippen LogP contribution >= 0.6 is 11.3 Å². The largest absolute Gasteiger partial charge is 0.338 e. The molecule has 1 atom stereocenters. The van der Waals surface area contributed by atoms with Crippen molar-refractivity contribution in [3.8, 4) is 11.5 Å². The van der Waals surface area contributed by atoms with Gasteiger partial charge in [0.05, 0.1) is 11.3 Å². The number of hydrogen-bond acceptors (Lipinski definition) is 6. The van der Waals surface area contributed by atoms with Crippen molar-refractivity contribution in [3.05, 3.63) is 58.0 Å². The zero-order valence-electron chi connectivity index (χ0n) is 16.4. The fourth-order valence-corrected chi connectivity index (χ4v) is 4.20. The first kappa shape index (κ1) is 19.3. The van der Waals surface area contributed by atoms with Gasteiger partial charge in [-0.25, -0.2) is 0 Å². The molecule has 2 amide bonds. The highest BCUT2D eigenvalue weighted by molar-refractivity contribution is 7.12. The smallest absolute Gasteiger partial charge is 0.264 e. The molecule has 0 saturated carbocycles. The molecule has 2 aromatic heterocycles. The van der Waals surface area contributed by atoms with Crippen molar-refractivity contribution < 1.29 is 14.1 Å². The van der Waals surface area contributed by atoms with Gasteiger partial charge in [0.25, 0.3) is 11.8 Å². The van der Waals surface area contributed by atoms with Gasteiger partial charge in [-0.3, -0.25) is 9.59 Å². The molecular weight excluding hydrogens is 388 g/mol. The van der Waals surface area contributed by atoms with E-state index in [1.807, 2.05) is 60.5 Å². The predicted molar refractivity (Wildman–Crippen MR) is 110 cm³/mol. The average Bonchev–Trinajstić information content (AvgIpc) is 3.40. The van der Waals surface area contributed by atoms with E-state index in [1.54, 1.807) is 4.90 Å². The number of amides is 2. The number of benzene rings is 1. The minimum atomic E-state index is -0.0581. The standard InChI is InChI=1S/C21H22N4O3S/c1-14-6-3-4-7-16(14)20-22-18(23-28-20)12-19(26)24-9-10-25(15(2)13-24)21(27)17-8-5-11-29-17/h3-8,11,15H,9-10,12-13H2,1-2H3. The van der Waals surface area contributed by atoms with Crippen LogP contribution in [-0.4, -0.2) is 57.4 Å². The summed E-state index contributed by atoms with van der Waals surface area (Å²) in [6.07, 6.45) is 0.0843. The van der Waals surface area contributed by atoms with E-state index in [1.165, 1.54) is 11.3 Å². The Labute approximate surface area is 172 Å². The van der Waals surface area contributed by atoms with Gasteiger partial charge in [-0.05, 0) is 36.9 Å². The highest BCUT2D eigenvalue weighted by Gasteiger charge is 2.31. The van der Waals surface area contributed by atoms with Gasteiger partial charge in [0, 0.05) is 31.2 Å². The van der Waals surface area contributed by atoms with Crippen LogP contribution in [0.1, 0.15) is 28.0 Å². The second-order valence-corrected chi connectivity index (χ2v) is 8.12. The number of hydrogen-bond donors (Lipinski definition) is 0. The lowest BCUT2D eigenvalue weighted by Crippen LogP contribution is -2.55. The maximum atomic E-state index is 12.7. The van der Waals surface area contributed by atoms with Gasteiger partial charge in [0.1, 0.15) is 0 Å². The van der Waals surface area contributed by atoms with E-state index in [0.717, 1.165) is 16.0 Å². The Balaban J connectivity index is 1.38. The van der Waals surface area contributed by atoms with E-state index in [2.05, 4.69) is 10.1 Å². The molecule has 0 aliphatic carbocycles. The summed E-state index contributed by atoms with van der Waals surface area (Å²) in [5.41, 5.74) is 1.91.